The highest BCUT2D eigenvalue weighted by Gasteiger charge is 1.92. The average molecular weight is 259 g/mol. The Hall–Kier alpha value is -1.34. The second-order valence-electron chi connectivity index (χ2n) is 3.27. The number of hydrogen-bond acceptors (Lipinski definition) is 0. The van der Waals surface area contributed by atoms with E-state index in [1.165, 1.54) is 11.1 Å². The molecule has 0 saturated carbocycles. The third kappa shape index (κ3) is 2.80. The number of halogens is 1. The Bertz CT molecular complexity index is 458. The van der Waals surface area contributed by atoms with E-state index >= 15 is 0 Å². The zero-order valence-corrected chi connectivity index (χ0v) is 9.81. The molecule has 74 valence electrons. The normalized spacial score (nSPS) is 10.7. The van der Waals surface area contributed by atoms with E-state index in [9.17, 15) is 0 Å². The minimum absolute atomic E-state index is 1.12. The minimum atomic E-state index is 1.12. The van der Waals surface area contributed by atoms with Gasteiger partial charge in [-0.25, -0.2) is 0 Å². The van der Waals surface area contributed by atoms with Crippen molar-refractivity contribution in [3.05, 3.63) is 70.2 Å². The summed E-state index contributed by atoms with van der Waals surface area (Å²) < 4.78 is 1.12. The lowest BCUT2D eigenvalue weighted by atomic mass is 10.1. The molecule has 2 aromatic carbocycles. The first-order chi connectivity index (χ1) is 7.36. The average Bonchev–Trinajstić information content (AvgIpc) is 2.29. The van der Waals surface area contributed by atoms with Crippen molar-refractivity contribution in [1.82, 2.24) is 0 Å². The summed E-state index contributed by atoms with van der Waals surface area (Å²) in [5.41, 5.74) is 2.41. The molecule has 15 heavy (non-hydrogen) atoms. The summed E-state index contributed by atoms with van der Waals surface area (Å²) >= 11 is 3.52. The molecule has 0 atom stereocenters. The molecule has 0 saturated heterocycles. The van der Waals surface area contributed by atoms with Crippen LogP contribution in [0.3, 0.4) is 0 Å². The SMILES string of the molecule is Brc1ccccc1/C=C\c1ccccc1. The largest absolute Gasteiger partial charge is 0.0622 e. The summed E-state index contributed by atoms with van der Waals surface area (Å²) in [4.78, 5) is 0. The first-order valence-corrected chi connectivity index (χ1v) is 5.63. The molecule has 0 N–H and O–H groups in total. The lowest BCUT2D eigenvalue weighted by Crippen LogP contribution is -1.74. The van der Waals surface area contributed by atoms with Crippen LogP contribution in [-0.4, -0.2) is 0 Å². The standard InChI is InChI=1S/C14H11Br/c15-14-9-5-4-8-13(14)11-10-12-6-2-1-3-7-12/h1-11H/b11-10-. The van der Waals surface area contributed by atoms with Crippen LogP contribution >= 0.6 is 15.9 Å². The summed E-state index contributed by atoms with van der Waals surface area (Å²) in [6, 6.07) is 18.5. The zero-order chi connectivity index (χ0) is 10.5. The maximum absolute atomic E-state index is 3.52. The van der Waals surface area contributed by atoms with Gasteiger partial charge in [0.2, 0.25) is 0 Å². The van der Waals surface area contributed by atoms with Crippen LogP contribution in [0.5, 0.6) is 0 Å². The minimum Gasteiger partial charge on any atom is -0.0622 e. The van der Waals surface area contributed by atoms with Crippen LogP contribution in [0.4, 0.5) is 0 Å². The predicted octanol–water partition coefficient (Wildman–Crippen LogP) is 4.62. The quantitative estimate of drug-likeness (QED) is 0.690. The Labute approximate surface area is 98.4 Å². The van der Waals surface area contributed by atoms with Gasteiger partial charge in [0.1, 0.15) is 0 Å². The Morgan fingerprint density at radius 1 is 0.733 bits per heavy atom. The molecule has 0 aliphatic carbocycles. The lowest BCUT2D eigenvalue weighted by Gasteiger charge is -1.96. The van der Waals surface area contributed by atoms with E-state index in [0.717, 1.165) is 4.47 Å². The van der Waals surface area contributed by atoms with Crippen molar-refractivity contribution < 1.29 is 0 Å². The highest BCUT2D eigenvalue weighted by atomic mass is 79.9. The second-order valence-corrected chi connectivity index (χ2v) is 4.12. The van der Waals surface area contributed by atoms with Gasteiger partial charge in [-0.3, -0.25) is 0 Å². The van der Waals surface area contributed by atoms with Gasteiger partial charge in [0.05, 0.1) is 0 Å². The summed E-state index contributed by atoms with van der Waals surface area (Å²) in [5, 5.41) is 0. The molecule has 0 spiro atoms. The van der Waals surface area contributed by atoms with E-state index in [1.54, 1.807) is 0 Å². The molecule has 0 amide bonds. The van der Waals surface area contributed by atoms with E-state index in [-0.39, 0.29) is 0 Å². The highest BCUT2D eigenvalue weighted by Crippen LogP contribution is 2.18. The monoisotopic (exact) mass is 258 g/mol. The van der Waals surface area contributed by atoms with Gasteiger partial charge >= 0.3 is 0 Å². The molecule has 0 aliphatic heterocycles. The van der Waals surface area contributed by atoms with Crippen molar-refractivity contribution in [2.45, 2.75) is 0 Å². The van der Waals surface area contributed by atoms with Crippen LogP contribution in [0.1, 0.15) is 11.1 Å². The first kappa shape index (κ1) is 10.2. The summed E-state index contributed by atoms with van der Waals surface area (Å²) in [6.07, 6.45) is 4.22. The van der Waals surface area contributed by atoms with Crippen molar-refractivity contribution in [3.8, 4) is 0 Å². The van der Waals surface area contributed by atoms with E-state index in [1.807, 2.05) is 36.4 Å². The van der Waals surface area contributed by atoms with Gasteiger partial charge in [0.25, 0.3) is 0 Å². The number of hydrogen-bond donors (Lipinski definition) is 0. The predicted molar refractivity (Wildman–Crippen MR) is 69.5 cm³/mol. The van der Waals surface area contributed by atoms with Crippen LogP contribution in [-0.2, 0) is 0 Å². The molecule has 2 rings (SSSR count). The molecule has 2 aromatic rings. The molecule has 0 fully saturated rings. The van der Waals surface area contributed by atoms with Gasteiger partial charge < -0.3 is 0 Å². The Kier molecular flexibility index (Phi) is 3.36. The van der Waals surface area contributed by atoms with Crippen LogP contribution in [0.2, 0.25) is 0 Å². The molecule has 0 heterocycles. The summed E-state index contributed by atoms with van der Waals surface area (Å²) in [5.74, 6) is 0. The molecule has 0 unspecified atom stereocenters. The molecular weight excluding hydrogens is 248 g/mol. The molecule has 0 radical (unpaired) electrons. The van der Waals surface area contributed by atoms with E-state index in [0.29, 0.717) is 0 Å². The fourth-order valence-corrected chi connectivity index (χ4v) is 1.78. The Morgan fingerprint density at radius 3 is 2.13 bits per heavy atom. The van der Waals surface area contributed by atoms with Crippen molar-refractivity contribution in [3.63, 3.8) is 0 Å². The third-order valence-electron chi connectivity index (χ3n) is 2.16. The fraction of sp³-hybridized carbons (Fsp3) is 0. The Balaban J connectivity index is 2.23. The molecule has 0 bridgehead atoms. The molecule has 1 heteroatoms. The molecule has 0 aliphatic rings. The van der Waals surface area contributed by atoms with Crippen LogP contribution in [0.25, 0.3) is 12.2 Å². The van der Waals surface area contributed by atoms with E-state index < -0.39 is 0 Å². The van der Waals surface area contributed by atoms with Gasteiger partial charge in [-0.05, 0) is 17.2 Å². The van der Waals surface area contributed by atoms with Gasteiger partial charge in [0, 0.05) is 4.47 Å². The number of rotatable bonds is 2. The van der Waals surface area contributed by atoms with Crippen molar-refractivity contribution in [1.29, 1.82) is 0 Å². The maximum Gasteiger partial charge on any atom is 0.0247 e. The molecular formula is C14H11Br. The first-order valence-electron chi connectivity index (χ1n) is 4.84. The van der Waals surface area contributed by atoms with Gasteiger partial charge in [-0.1, -0.05) is 76.6 Å². The third-order valence-corrected chi connectivity index (χ3v) is 2.88. The highest BCUT2D eigenvalue weighted by molar-refractivity contribution is 9.10. The second kappa shape index (κ2) is 4.94. The lowest BCUT2D eigenvalue weighted by molar-refractivity contribution is 1.60. The van der Waals surface area contributed by atoms with Crippen LogP contribution in [0.15, 0.2) is 59.1 Å². The van der Waals surface area contributed by atoms with E-state index in [4.69, 9.17) is 0 Å². The van der Waals surface area contributed by atoms with Crippen molar-refractivity contribution in [2.75, 3.05) is 0 Å². The number of benzene rings is 2. The molecule has 0 aromatic heterocycles. The van der Waals surface area contributed by atoms with Crippen LogP contribution < -0.4 is 0 Å². The molecule has 0 nitrogen and oxygen atoms in total. The van der Waals surface area contributed by atoms with E-state index in [2.05, 4.69) is 46.3 Å². The fourth-order valence-electron chi connectivity index (χ4n) is 1.36. The van der Waals surface area contributed by atoms with Crippen molar-refractivity contribution in [2.24, 2.45) is 0 Å². The van der Waals surface area contributed by atoms with Gasteiger partial charge in [0.15, 0.2) is 0 Å². The summed E-state index contributed by atoms with van der Waals surface area (Å²) in [7, 11) is 0. The van der Waals surface area contributed by atoms with Crippen molar-refractivity contribution >= 4 is 28.1 Å². The topological polar surface area (TPSA) is 0 Å². The summed E-state index contributed by atoms with van der Waals surface area (Å²) in [6.45, 7) is 0. The van der Waals surface area contributed by atoms with Gasteiger partial charge in [-0.15, -0.1) is 0 Å². The maximum atomic E-state index is 3.52. The van der Waals surface area contributed by atoms with Gasteiger partial charge in [-0.2, -0.15) is 0 Å². The smallest absolute Gasteiger partial charge is 0.0247 e. The van der Waals surface area contributed by atoms with Crippen LogP contribution in [0, 0.1) is 0 Å². The zero-order valence-electron chi connectivity index (χ0n) is 8.23. The Morgan fingerprint density at radius 2 is 1.40 bits per heavy atom.